The van der Waals surface area contributed by atoms with Crippen LogP contribution in [0.4, 0.5) is 10.5 Å². The fourth-order valence-electron chi connectivity index (χ4n) is 3.43. The van der Waals surface area contributed by atoms with E-state index in [0.717, 1.165) is 23.2 Å². The van der Waals surface area contributed by atoms with Crippen LogP contribution in [0.1, 0.15) is 18.1 Å². The molecule has 3 aromatic rings. The molecule has 0 radical (unpaired) electrons. The number of anilines is 1. The Kier molecular flexibility index (Phi) is 9.14. The van der Waals surface area contributed by atoms with Crippen molar-refractivity contribution in [3.05, 3.63) is 82.1 Å². The number of hydrogen-bond acceptors (Lipinski definition) is 6. The molecule has 2 amide bonds. The fraction of sp³-hybridized carbons (Fsp3) is 0.308. The number of hydrogen-bond donors (Lipinski definition) is 2. The molecule has 184 valence electrons. The van der Waals surface area contributed by atoms with Crippen LogP contribution in [0.3, 0.4) is 0 Å². The topological polar surface area (TPSA) is 106 Å². The number of nitrogens with zero attached hydrogens (tertiary/aromatic N) is 3. The molecule has 0 bridgehead atoms. The normalized spacial score (nSPS) is 10.7. The molecule has 2 aromatic carbocycles. The first-order chi connectivity index (χ1) is 16.8. The van der Waals surface area contributed by atoms with Crippen LogP contribution in [0.5, 0.6) is 0 Å². The molecule has 0 aliphatic rings. The number of ether oxygens (including phenoxy) is 1. The van der Waals surface area contributed by atoms with Crippen LogP contribution in [0, 0.1) is 0 Å². The second-order valence-electron chi connectivity index (χ2n) is 8.29. The Morgan fingerprint density at radius 1 is 1.03 bits per heavy atom. The Balaban J connectivity index is 1.73. The van der Waals surface area contributed by atoms with E-state index < -0.39 is 6.09 Å². The number of nitrogens with one attached hydrogen (secondary N) is 2. The van der Waals surface area contributed by atoms with Gasteiger partial charge in [-0.05, 0) is 56.4 Å². The molecule has 3 rings (SSSR count). The van der Waals surface area contributed by atoms with Crippen LogP contribution < -0.4 is 16.2 Å². The maximum absolute atomic E-state index is 12.5. The third-order valence-corrected chi connectivity index (χ3v) is 5.12. The first-order valence-corrected chi connectivity index (χ1v) is 11.5. The van der Waals surface area contributed by atoms with Crippen molar-refractivity contribution in [3.63, 3.8) is 0 Å². The van der Waals surface area contributed by atoms with Crippen molar-refractivity contribution >= 4 is 17.7 Å². The van der Waals surface area contributed by atoms with Gasteiger partial charge in [-0.2, -0.15) is 5.10 Å². The van der Waals surface area contributed by atoms with Crippen LogP contribution >= 0.6 is 0 Å². The maximum Gasteiger partial charge on any atom is 0.411 e. The highest BCUT2D eigenvalue weighted by atomic mass is 16.5. The van der Waals surface area contributed by atoms with E-state index in [2.05, 4.69) is 15.7 Å². The van der Waals surface area contributed by atoms with Crippen LogP contribution in [-0.4, -0.2) is 60.5 Å². The third kappa shape index (κ3) is 8.08. The molecule has 35 heavy (non-hydrogen) atoms. The van der Waals surface area contributed by atoms with Gasteiger partial charge in [-0.1, -0.05) is 30.3 Å². The molecule has 0 saturated heterocycles. The SMILES string of the molecule is CCOC(=O)Nc1cccc(Cn2nc(-c3cccc(CC(=O)NCCN(C)C)c3)ccc2=O)c1. The number of aromatic nitrogens is 2. The second-order valence-corrected chi connectivity index (χ2v) is 8.29. The van der Waals surface area contributed by atoms with E-state index in [4.69, 9.17) is 4.74 Å². The Bertz CT molecular complexity index is 1220. The van der Waals surface area contributed by atoms with Crippen molar-refractivity contribution in [3.8, 4) is 11.3 Å². The van der Waals surface area contributed by atoms with E-state index in [-0.39, 0.29) is 31.0 Å². The molecular formula is C26H31N5O4. The van der Waals surface area contributed by atoms with Gasteiger partial charge in [0.05, 0.1) is 25.3 Å². The summed E-state index contributed by atoms with van der Waals surface area (Å²) in [6.07, 6.45) is -0.269. The minimum absolute atomic E-state index is 0.0433. The van der Waals surface area contributed by atoms with Gasteiger partial charge >= 0.3 is 6.09 Å². The minimum atomic E-state index is -0.534. The molecule has 0 fully saturated rings. The van der Waals surface area contributed by atoms with Gasteiger partial charge in [0.2, 0.25) is 5.91 Å². The van der Waals surface area contributed by atoms with E-state index in [0.29, 0.717) is 17.9 Å². The maximum atomic E-state index is 12.5. The van der Waals surface area contributed by atoms with E-state index >= 15 is 0 Å². The molecule has 2 N–H and O–H groups in total. The van der Waals surface area contributed by atoms with Gasteiger partial charge in [-0.25, -0.2) is 9.48 Å². The number of amides is 2. The van der Waals surface area contributed by atoms with Gasteiger partial charge in [0.1, 0.15) is 0 Å². The summed E-state index contributed by atoms with van der Waals surface area (Å²) in [6, 6.07) is 17.9. The molecule has 1 aromatic heterocycles. The zero-order valence-electron chi connectivity index (χ0n) is 20.3. The van der Waals surface area contributed by atoms with Crippen LogP contribution in [0.25, 0.3) is 11.3 Å². The van der Waals surface area contributed by atoms with Crippen molar-refractivity contribution in [1.82, 2.24) is 20.0 Å². The molecule has 0 aliphatic heterocycles. The van der Waals surface area contributed by atoms with Crippen LogP contribution in [0.15, 0.2) is 65.5 Å². The highest BCUT2D eigenvalue weighted by Gasteiger charge is 2.09. The average Bonchev–Trinajstić information content (AvgIpc) is 2.81. The van der Waals surface area contributed by atoms with Crippen molar-refractivity contribution in [2.24, 2.45) is 0 Å². The van der Waals surface area contributed by atoms with Gasteiger partial charge in [-0.15, -0.1) is 0 Å². The lowest BCUT2D eigenvalue weighted by Gasteiger charge is -2.11. The van der Waals surface area contributed by atoms with Gasteiger partial charge in [0.15, 0.2) is 0 Å². The molecule has 0 atom stereocenters. The fourth-order valence-corrected chi connectivity index (χ4v) is 3.43. The number of likely N-dealkylation sites (N-methyl/N-ethyl adjacent to an activating group) is 1. The van der Waals surface area contributed by atoms with Gasteiger partial charge in [-0.3, -0.25) is 14.9 Å². The number of benzene rings is 2. The Labute approximate surface area is 204 Å². The quantitative estimate of drug-likeness (QED) is 0.465. The highest BCUT2D eigenvalue weighted by molar-refractivity contribution is 5.84. The molecule has 1 heterocycles. The first-order valence-electron chi connectivity index (χ1n) is 11.5. The van der Waals surface area contributed by atoms with Crippen molar-refractivity contribution < 1.29 is 14.3 Å². The molecule has 0 saturated carbocycles. The molecule has 0 spiro atoms. The lowest BCUT2D eigenvalue weighted by Crippen LogP contribution is -2.32. The lowest BCUT2D eigenvalue weighted by molar-refractivity contribution is -0.120. The summed E-state index contributed by atoms with van der Waals surface area (Å²) in [5.74, 6) is -0.0433. The summed E-state index contributed by atoms with van der Waals surface area (Å²) in [5, 5.41) is 10.1. The molecule has 9 nitrogen and oxygen atoms in total. The zero-order valence-corrected chi connectivity index (χ0v) is 20.3. The first kappa shape index (κ1) is 25.6. The van der Waals surface area contributed by atoms with E-state index in [1.54, 1.807) is 31.2 Å². The third-order valence-electron chi connectivity index (χ3n) is 5.12. The number of rotatable bonds is 10. The summed E-state index contributed by atoms with van der Waals surface area (Å²) < 4.78 is 6.28. The summed E-state index contributed by atoms with van der Waals surface area (Å²) in [4.78, 5) is 38.4. The Hall–Kier alpha value is -3.98. The Morgan fingerprint density at radius 3 is 2.57 bits per heavy atom. The van der Waals surface area contributed by atoms with Gasteiger partial charge < -0.3 is 15.0 Å². The van der Waals surface area contributed by atoms with Gasteiger partial charge in [0, 0.05) is 30.4 Å². The Morgan fingerprint density at radius 2 is 1.80 bits per heavy atom. The summed E-state index contributed by atoms with van der Waals surface area (Å²) in [7, 11) is 3.92. The van der Waals surface area contributed by atoms with Crippen LogP contribution in [-0.2, 0) is 22.5 Å². The molecular weight excluding hydrogens is 446 g/mol. The van der Waals surface area contributed by atoms with Crippen molar-refractivity contribution in [2.45, 2.75) is 19.9 Å². The van der Waals surface area contributed by atoms with Crippen molar-refractivity contribution in [2.75, 3.05) is 39.1 Å². The zero-order chi connectivity index (χ0) is 25.2. The van der Waals surface area contributed by atoms with Gasteiger partial charge in [0.25, 0.3) is 5.56 Å². The number of carbonyl (C=O) groups excluding carboxylic acids is 2. The standard InChI is InChI=1S/C26H31N5O4/c1-4-35-26(34)28-22-10-6-8-20(16-22)18-31-25(33)12-11-23(29-31)21-9-5-7-19(15-21)17-24(32)27-13-14-30(2)3/h5-12,15-16H,4,13-14,17-18H2,1-3H3,(H,27,32)(H,28,34). The smallest absolute Gasteiger partial charge is 0.411 e. The predicted molar refractivity (Wildman–Crippen MR) is 135 cm³/mol. The molecule has 0 aliphatic carbocycles. The second kappa shape index (κ2) is 12.5. The van der Waals surface area contributed by atoms with Crippen molar-refractivity contribution in [1.29, 1.82) is 0 Å². The summed E-state index contributed by atoms with van der Waals surface area (Å²) in [6.45, 7) is 3.62. The van der Waals surface area contributed by atoms with Crippen LogP contribution in [0.2, 0.25) is 0 Å². The van der Waals surface area contributed by atoms with E-state index in [1.165, 1.54) is 10.7 Å². The lowest BCUT2D eigenvalue weighted by atomic mass is 10.1. The van der Waals surface area contributed by atoms with E-state index in [9.17, 15) is 14.4 Å². The monoisotopic (exact) mass is 477 g/mol. The minimum Gasteiger partial charge on any atom is -0.450 e. The highest BCUT2D eigenvalue weighted by Crippen LogP contribution is 2.18. The summed E-state index contributed by atoms with van der Waals surface area (Å²) in [5.41, 5.74) is 3.43. The molecule has 0 unspecified atom stereocenters. The molecule has 9 heteroatoms. The average molecular weight is 478 g/mol. The van der Waals surface area contributed by atoms with E-state index in [1.807, 2.05) is 49.3 Å². The largest absolute Gasteiger partial charge is 0.450 e. The number of carbonyl (C=O) groups is 2. The summed E-state index contributed by atoms with van der Waals surface area (Å²) >= 11 is 0. The predicted octanol–water partition coefficient (Wildman–Crippen LogP) is 2.75.